The van der Waals surface area contributed by atoms with E-state index in [0.717, 1.165) is 35.5 Å². The minimum atomic E-state index is -1.19. The first-order valence-corrected chi connectivity index (χ1v) is 12.7. The smallest absolute Gasteiger partial charge is 0.189 e. The quantitative estimate of drug-likeness (QED) is 0.413. The molecule has 0 aliphatic carbocycles. The number of hydrogen-bond donors (Lipinski definition) is 4. The summed E-state index contributed by atoms with van der Waals surface area (Å²) in [5.74, 6) is 0.574. The minimum Gasteiger partial charge on any atom is -0.381 e. The zero-order valence-electron chi connectivity index (χ0n) is 20.8. The fraction of sp³-hybridized carbons (Fsp3) is 0.480. The summed E-state index contributed by atoms with van der Waals surface area (Å²) < 4.78 is 27.7. The van der Waals surface area contributed by atoms with Gasteiger partial charge < -0.3 is 25.0 Å². The normalized spacial score (nSPS) is 22.4. The maximum atomic E-state index is 14.8. The van der Waals surface area contributed by atoms with E-state index >= 15 is 0 Å². The van der Waals surface area contributed by atoms with Crippen molar-refractivity contribution >= 4 is 23.2 Å². The van der Waals surface area contributed by atoms with Gasteiger partial charge >= 0.3 is 0 Å². The number of fused-ring (bicyclic) bond motifs is 1. The van der Waals surface area contributed by atoms with E-state index in [0.29, 0.717) is 63.3 Å². The molecule has 2 saturated heterocycles. The van der Waals surface area contributed by atoms with Gasteiger partial charge in [-0.05, 0) is 37.5 Å². The lowest BCUT2D eigenvalue weighted by molar-refractivity contribution is 0.0667. The second-order valence-corrected chi connectivity index (χ2v) is 9.83. The van der Waals surface area contributed by atoms with E-state index in [1.807, 2.05) is 28.6 Å². The Hall–Kier alpha value is -3.48. The Bertz CT molecular complexity index is 1290. The molecule has 196 valence electrons. The van der Waals surface area contributed by atoms with Crippen LogP contribution < -0.4 is 21.3 Å². The number of H-pyrrole nitrogens is 1. The van der Waals surface area contributed by atoms with Crippen LogP contribution in [-0.4, -0.2) is 71.1 Å². The number of aryl methyl sites for hydroxylation is 1. The van der Waals surface area contributed by atoms with E-state index in [-0.39, 0.29) is 11.9 Å². The molecule has 0 radical (unpaired) electrons. The molecule has 0 bridgehead atoms. The average Bonchev–Trinajstić information content (AvgIpc) is 3.51. The first kappa shape index (κ1) is 23.9. The molecule has 3 aromatic rings. The first-order chi connectivity index (χ1) is 18.0. The number of nitrogens with zero attached hydrogens (tertiary/aromatic N) is 5. The number of nitrogens with two attached hydrogens (primary N) is 1. The molecule has 1 atom stereocenters. The molecule has 0 spiro atoms. The van der Waals surface area contributed by atoms with E-state index in [1.165, 1.54) is 6.07 Å². The van der Waals surface area contributed by atoms with Gasteiger partial charge in [0.1, 0.15) is 17.5 Å². The fourth-order valence-corrected chi connectivity index (χ4v) is 5.17. The molecule has 3 aliphatic rings. The van der Waals surface area contributed by atoms with Crippen molar-refractivity contribution in [1.29, 1.82) is 0 Å². The number of halogens is 1. The van der Waals surface area contributed by atoms with Gasteiger partial charge in [-0.25, -0.2) is 14.1 Å². The van der Waals surface area contributed by atoms with Crippen molar-refractivity contribution in [2.45, 2.75) is 38.0 Å². The van der Waals surface area contributed by atoms with Crippen LogP contribution in [0.25, 0.3) is 0 Å². The third-order valence-corrected chi connectivity index (χ3v) is 7.02. The molecule has 37 heavy (non-hydrogen) atoms. The molecule has 1 aromatic carbocycles. The Morgan fingerprint density at radius 1 is 1.16 bits per heavy atom. The van der Waals surface area contributed by atoms with Crippen LogP contribution in [0.1, 0.15) is 35.7 Å². The number of aromatic amines is 1. The van der Waals surface area contributed by atoms with Crippen LogP contribution in [-0.2, 0) is 15.9 Å². The number of hydrogen-bond acceptors (Lipinski definition) is 9. The summed E-state index contributed by atoms with van der Waals surface area (Å²) in [7, 11) is 0. The summed E-state index contributed by atoms with van der Waals surface area (Å²) in [5, 5.41) is 18.7. The highest BCUT2D eigenvalue weighted by Gasteiger charge is 2.36. The first-order valence-electron chi connectivity index (χ1n) is 12.7. The highest BCUT2D eigenvalue weighted by atomic mass is 19.1. The van der Waals surface area contributed by atoms with Crippen molar-refractivity contribution in [2.75, 3.05) is 55.1 Å². The van der Waals surface area contributed by atoms with Gasteiger partial charge in [0.25, 0.3) is 0 Å². The van der Waals surface area contributed by atoms with Crippen molar-refractivity contribution in [2.24, 2.45) is 10.7 Å². The molecule has 12 heteroatoms. The predicted molar refractivity (Wildman–Crippen MR) is 138 cm³/mol. The van der Waals surface area contributed by atoms with Crippen molar-refractivity contribution in [3.8, 4) is 0 Å². The summed E-state index contributed by atoms with van der Waals surface area (Å²) in [4.78, 5) is 6.90. The van der Waals surface area contributed by atoms with Gasteiger partial charge in [-0.1, -0.05) is 6.07 Å². The molecular formula is C25H32FN9O2. The zero-order chi connectivity index (χ0) is 25.4. The lowest BCUT2D eigenvalue weighted by Gasteiger charge is -2.35. The SMILES string of the molecule is Cc1cc(NC2=NC(N)(Cc3ccc(F)c(N4CCOCC4)c3)Nc3c2cnn3C2CCOCC2)n[nH]1. The highest BCUT2D eigenvalue weighted by molar-refractivity contribution is 6.12. The maximum absolute atomic E-state index is 14.8. The Labute approximate surface area is 214 Å². The van der Waals surface area contributed by atoms with Crippen LogP contribution in [0.4, 0.5) is 21.7 Å². The third kappa shape index (κ3) is 4.91. The van der Waals surface area contributed by atoms with E-state index in [4.69, 9.17) is 25.3 Å². The second kappa shape index (κ2) is 9.77. The Balaban J connectivity index is 1.34. The number of aromatic nitrogens is 4. The summed E-state index contributed by atoms with van der Waals surface area (Å²) in [6.45, 7) is 5.78. The lowest BCUT2D eigenvalue weighted by atomic mass is 10.0. The van der Waals surface area contributed by atoms with Crippen molar-refractivity contribution < 1.29 is 13.9 Å². The van der Waals surface area contributed by atoms with E-state index < -0.39 is 5.79 Å². The third-order valence-electron chi connectivity index (χ3n) is 7.02. The topological polar surface area (TPSA) is 131 Å². The van der Waals surface area contributed by atoms with Gasteiger partial charge in [-0.3, -0.25) is 10.8 Å². The minimum absolute atomic E-state index is 0.194. The molecule has 6 rings (SSSR count). The molecule has 11 nitrogen and oxygen atoms in total. The van der Waals surface area contributed by atoms with Crippen LogP contribution in [0.3, 0.4) is 0 Å². The summed E-state index contributed by atoms with van der Waals surface area (Å²) in [5.41, 5.74) is 10.1. The predicted octanol–water partition coefficient (Wildman–Crippen LogP) is 2.38. The number of ether oxygens (including phenoxy) is 2. The number of nitrogens with one attached hydrogen (secondary N) is 3. The van der Waals surface area contributed by atoms with Gasteiger partial charge in [-0.2, -0.15) is 10.2 Å². The molecule has 2 aromatic heterocycles. The number of amidine groups is 1. The number of rotatable bonds is 5. The Kier molecular flexibility index (Phi) is 6.31. The Morgan fingerprint density at radius 3 is 2.70 bits per heavy atom. The molecule has 5 N–H and O–H groups in total. The molecule has 1 unspecified atom stereocenters. The van der Waals surface area contributed by atoms with Crippen molar-refractivity contribution in [3.63, 3.8) is 0 Å². The number of anilines is 3. The molecule has 3 aliphatic heterocycles. The molecule has 5 heterocycles. The Morgan fingerprint density at radius 2 is 1.95 bits per heavy atom. The van der Waals surface area contributed by atoms with E-state index in [1.54, 1.807) is 12.3 Å². The monoisotopic (exact) mass is 509 g/mol. The van der Waals surface area contributed by atoms with Crippen LogP contribution in [0.2, 0.25) is 0 Å². The molecule has 2 fully saturated rings. The zero-order valence-corrected chi connectivity index (χ0v) is 20.8. The lowest BCUT2D eigenvalue weighted by Crippen LogP contribution is -2.52. The van der Waals surface area contributed by atoms with Gasteiger partial charge in [0.05, 0.1) is 36.7 Å². The van der Waals surface area contributed by atoms with Gasteiger partial charge in [-0.15, -0.1) is 0 Å². The van der Waals surface area contributed by atoms with E-state index in [2.05, 4.69) is 20.8 Å². The van der Waals surface area contributed by atoms with Crippen molar-refractivity contribution in [1.82, 2.24) is 20.0 Å². The number of benzene rings is 1. The van der Waals surface area contributed by atoms with Crippen LogP contribution in [0.5, 0.6) is 0 Å². The molecule has 0 saturated carbocycles. The average molecular weight is 510 g/mol. The van der Waals surface area contributed by atoms with Crippen LogP contribution in [0, 0.1) is 12.7 Å². The van der Waals surface area contributed by atoms with Crippen molar-refractivity contribution in [3.05, 3.63) is 53.1 Å². The fourth-order valence-electron chi connectivity index (χ4n) is 5.17. The largest absolute Gasteiger partial charge is 0.381 e. The van der Waals surface area contributed by atoms with Crippen LogP contribution in [0.15, 0.2) is 35.5 Å². The van der Waals surface area contributed by atoms with Gasteiger partial charge in [0.15, 0.2) is 11.6 Å². The standard InChI is InChI=1S/C25H32FN9O2/c1-16-12-22(33-32-16)29-23-19-15-28-35(18-4-8-36-9-5-18)24(19)31-25(27,30-23)14-17-2-3-20(26)21(13-17)34-6-10-37-11-7-34/h2-3,12-13,15,18,31H,4-11,14,27H2,1H3,(H2,29,30,32,33). The molecule has 0 amide bonds. The summed E-state index contributed by atoms with van der Waals surface area (Å²) in [6, 6.07) is 7.22. The van der Waals surface area contributed by atoms with Gasteiger partial charge in [0, 0.05) is 44.5 Å². The summed E-state index contributed by atoms with van der Waals surface area (Å²) in [6.07, 6.45) is 3.88. The number of morpholine rings is 1. The van der Waals surface area contributed by atoms with Gasteiger partial charge in [0.2, 0.25) is 0 Å². The van der Waals surface area contributed by atoms with Crippen LogP contribution >= 0.6 is 0 Å². The maximum Gasteiger partial charge on any atom is 0.189 e. The number of aliphatic imine (C=N–C) groups is 1. The highest BCUT2D eigenvalue weighted by Crippen LogP contribution is 2.33. The molecular weight excluding hydrogens is 477 g/mol. The summed E-state index contributed by atoms with van der Waals surface area (Å²) >= 11 is 0. The second-order valence-electron chi connectivity index (χ2n) is 9.83. The van der Waals surface area contributed by atoms with E-state index in [9.17, 15) is 4.39 Å².